The minimum atomic E-state index is -0.544. The predicted molar refractivity (Wildman–Crippen MR) is 92.7 cm³/mol. The molecule has 1 fully saturated rings. The lowest BCUT2D eigenvalue weighted by molar-refractivity contribution is -0.136. The van der Waals surface area contributed by atoms with Gasteiger partial charge in [-0.15, -0.1) is 0 Å². The minimum absolute atomic E-state index is 0.0180. The van der Waals surface area contributed by atoms with E-state index in [2.05, 4.69) is 10.6 Å². The summed E-state index contributed by atoms with van der Waals surface area (Å²) in [6.07, 6.45) is 3.19. The van der Waals surface area contributed by atoms with Crippen LogP contribution in [-0.4, -0.2) is 42.4 Å². The van der Waals surface area contributed by atoms with Crippen molar-refractivity contribution in [3.8, 4) is 6.07 Å². The van der Waals surface area contributed by atoms with Crippen LogP contribution in [0, 0.1) is 11.3 Å². The molecule has 2 N–H and O–H groups in total. The second-order valence-electron chi connectivity index (χ2n) is 5.84. The highest BCUT2D eigenvalue weighted by molar-refractivity contribution is 6.31. The number of carbonyl (C=O) groups excluding carboxylic acids is 2. The minimum Gasteiger partial charge on any atom is -0.376 e. The Morgan fingerprint density at radius 2 is 2.04 bits per heavy atom. The average molecular weight is 349 g/mol. The third-order valence-electron chi connectivity index (χ3n) is 3.96. The maximum Gasteiger partial charge on any atom is 0.244 e. The zero-order valence-electron chi connectivity index (χ0n) is 13.6. The van der Waals surface area contributed by atoms with Crippen molar-refractivity contribution in [2.45, 2.75) is 32.2 Å². The summed E-state index contributed by atoms with van der Waals surface area (Å²) < 4.78 is 0. The number of rotatable bonds is 5. The van der Waals surface area contributed by atoms with Crippen LogP contribution in [0.4, 0.5) is 5.69 Å². The Kier molecular flexibility index (Phi) is 6.44. The summed E-state index contributed by atoms with van der Waals surface area (Å²) in [7, 11) is 0. The summed E-state index contributed by atoms with van der Waals surface area (Å²) in [5, 5.41) is 14.9. The number of carbonyl (C=O) groups is 2. The molecule has 1 aliphatic heterocycles. The standard InChI is InChI=1S/C17H21ClN4O2/c1-12(17(24)22-7-3-2-4-8-22)21-16(23)11-20-14-5-6-15(18)13(9-14)10-19/h5-6,9,12,20H,2-4,7-8,11H2,1H3,(H,21,23). The van der Waals surface area contributed by atoms with Crippen molar-refractivity contribution in [2.24, 2.45) is 0 Å². The summed E-state index contributed by atoms with van der Waals surface area (Å²) >= 11 is 5.86. The van der Waals surface area contributed by atoms with Gasteiger partial charge in [0, 0.05) is 18.8 Å². The van der Waals surface area contributed by atoms with Gasteiger partial charge >= 0.3 is 0 Å². The Balaban J connectivity index is 1.82. The number of anilines is 1. The van der Waals surface area contributed by atoms with Crippen LogP contribution in [0.15, 0.2) is 18.2 Å². The summed E-state index contributed by atoms with van der Waals surface area (Å²) in [6.45, 7) is 3.24. The van der Waals surface area contributed by atoms with E-state index in [1.54, 1.807) is 30.0 Å². The highest BCUT2D eigenvalue weighted by atomic mass is 35.5. The van der Waals surface area contributed by atoms with Crippen LogP contribution in [0.25, 0.3) is 0 Å². The fraction of sp³-hybridized carbons (Fsp3) is 0.471. The molecule has 0 bridgehead atoms. The first-order valence-corrected chi connectivity index (χ1v) is 8.40. The Labute approximate surface area is 146 Å². The first-order valence-electron chi connectivity index (χ1n) is 8.03. The number of hydrogen-bond acceptors (Lipinski definition) is 4. The fourth-order valence-electron chi connectivity index (χ4n) is 2.65. The van der Waals surface area contributed by atoms with Gasteiger partial charge in [-0.05, 0) is 44.4 Å². The summed E-state index contributed by atoms with van der Waals surface area (Å²) in [5.41, 5.74) is 0.969. The Morgan fingerprint density at radius 3 is 2.71 bits per heavy atom. The fourth-order valence-corrected chi connectivity index (χ4v) is 2.81. The SMILES string of the molecule is CC(NC(=O)CNc1ccc(Cl)c(C#N)c1)C(=O)N1CCCCC1. The molecular formula is C17H21ClN4O2. The average Bonchev–Trinajstić information content (AvgIpc) is 2.61. The van der Waals surface area contributed by atoms with E-state index < -0.39 is 6.04 Å². The number of benzene rings is 1. The molecule has 0 spiro atoms. The predicted octanol–water partition coefficient (Wildman–Crippen LogP) is 2.14. The third-order valence-corrected chi connectivity index (χ3v) is 4.29. The van der Waals surface area contributed by atoms with Crippen LogP contribution in [0.3, 0.4) is 0 Å². The molecule has 1 aliphatic rings. The molecule has 2 amide bonds. The van der Waals surface area contributed by atoms with Gasteiger partial charge in [0.2, 0.25) is 11.8 Å². The number of halogens is 1. The van der Waals surface area contributed by atoms with Gasteiger partial charge in [-0.3, -0.25) is 9.59 Å². The van der Waals surface area contributed by atoms with Crippen LogP contribution in [0.1, 0.15) is 31.7 Å². The summed E-state index contributed by atoms with van der Waals surface area (Å²) in [6, 6.07) is 6.31. The molecule has 6 nitrogen and oxygen atoms in total. The van der Waals surface area contributed by atoms with E-state index in [1.165, 1.54) is 0 Å². The van der Waals surface area contributed by atoms with Crippen molar-refractivity contribution < 1.29 is 9.59 Å². The zero-order valence-corrected chi connectivity index (χ0v) is 14.4. The van der Waals surface area contributed by atoms with Crippen LogP contribution >= 0.6 is 11.6 Å². The van der Waals surface area contributed by atoms with Crippen molar-refractivity contribution in [2.75, 3.05) is 25.0 Å². The Bertz CT molecular complexity index is 650. The van der Waals surface area contributed by atoms with E-state index in [9.17, 15) is 9.59 Å². The highest BCUT2D eigenvalue weighted by Gasteiger charge is 2.23. The van der Waals surface area contributed by atoms with Crippen LogP contribution in [0.5, 0.6) is 0 Å². The summed E-state index contributed by atoms with van der Waals surface area (Å²) in [5.74, 6) is -0.317. The van der Waals surface area contributed by atoms with Gasteiger partial charge in [0.1, 0.15) is 12.1 Å². The molecule has 0 radical (unpaired) electrons. The van der Waals surface area contributed by atoms with Gasteiger partial charge < -0.3 is 15.5 Å². The molecule has 0 saturated carbocycles. The zero-order chi connectivity index (χ0) is 17.5. The smallest absolute Gasteiger partial charge is 0.244 e. The van der Waals surface area contributed by atoms with E-state index >= 15 is 0 Å². The van der Waals surface area contributed by atoms with Crippen molar-refractivity contribution in [3.63, 3.8) is 0 Å². The van der Waals surface area contributed by atoms with Gasteiger partial charge in [-0.25, -0.2) is 0 Å². The van der Waals surface area contributed by atoms with Crippen LogP contribution in [-0.2, 0) is 9.59 Å². The van der Waals surface area contributed by atoms with E-state index in [1.807, 2.05) is 6.07 Å². The van der Waals surface area contributed by atoms with Gasteiger partial charge in [0.05, 0.1) is 17.1 Å². The molecule has 1 aromatic rings. The Hall–Kier alpha value is -2.26. The quantitative estimate of drug-likeness (QED) is 0.853. The number of hydrogen-bond donors (Lipinski definition) is 2. The van der Waals surface area contributed by atoms with Gasteiger partial charge in [-0.2, -0.15) is 5.26 Å². The lowest BCUT2D eigenvalue weighted by Crippen LogP contribution is -2.49. The molecule has 7 heteroatoms. The molecule has 1 atom stereocenters. The van der Waals surface area contributed by atoms with E-state index in [0.29, 0.717) is 16.3 Å². The second-order valence-corrected chi connectivity index (χ2v) is 6.24. The molecule has 1 heterocycles. The molecule has 2 rings (SSSR count). The second kappa shape index (κ2) is 8.55. The number of nitrogens with zero attached hydrogens (tertiary/aromatic N) is 2. The first-order chi connectivity index (χ1) is 11.5. The van der Waals surface area contributed by atoms with Gasteiger partial charge in [0.15, 0.2) is 0 Å². The largest absolute Gasteiger partial charge is 0.376 e. The number of piperidine rings is 1. The normalized spacial score (nSPS) is 15.3. The third kappa shape index (κ3) is 4.87. The maximum atomic E-state index is 12.3. The molecule has 1 saturated heterocycles. The lowest BCUT2D eigenvalue weighted by Gasteiger charge is -2.29. The molecule has 24 heavy (non-hydrogen) atoms. The van der Waals surface area contributed by atoms with Crippen LogP contribution in [0.2, 0.25) is 5.02 Å². The van der Waals surface area contributed by atoms with Crippen molar-refractivity contribution in [1.82, 2.24) is 10.2 Å². The van der Waals surface area contributed by atoms with E-state index in [-0.39, 0.29) is 18.4 Å². The topological polar surface area (TPSA) is 85.2 Å². The Morgan fingerprint density at radius 1 is 1.33 bits per heavy atom. The number of nitriles is 1. The molecule has 0 aromatic heterocycles. The highest BCUT2D eigenvalue weighted by Crippen LogP contribution is 2.19. The monoisotopic (exact) mass is 348 g/mol. The summed E-state index contributed by atoms with van der Waals surface area (Å²) in [4.78, 5) is 26.1. The van der Waals surface area contributed by atoms with E-state index in [4.69, 9.17) is 16.9 Å². The lowest BCUT2D eigenvalue weighted by atomic mass is 10.1. The van der Waals surface area contributed by atoms with E-state index in [0.717, 1.165) is 32.4 Å². The van der Waals surface area contributed by atoms with Crippen LogP contribution < -0.4 is 10.6 Å². The number of amides is 2. The van der Waals surface area contributed by atoms with Gasteiger partial charge in [-0.1, -0.05) is 11.6 Å². The molecule has 0 aliphatic carbocycles. The van der Waals surface area contributed by atoms with Crippen molar-refractivity contribution >= 4 is 29.1 Å². The molecular weight excluding hydrogens is 328 g/mol. The van der Waals surface area contributed by atoms with Gasteiger partial charge in [0.25, 0.3) is 0 Å². The molecule has 128 valence electrons. The molecule has 1 aromatic carbocycles. The maximum absolute atomic E-state index is 12.3. The first kappa shape index (κ1) is 18.1. The number of likely N-dealkylation sites (tertiary alicyclic amines) is 1. The molecule has 1 unspecified atom stereocenters. The number of nitrogens with one attached hydrogen (secondary N) is 2. The van der Waals surface area contributed by atoms with Crippen molar-refractivity contribution in [3.05, 3.63) is 28.8 Å². The van der Waals surface area contributed by atoms with Crippen molar-refractivity contribution in [1.29, 1.82) is 5.26 Å².